The van der Waals surface area contributed by atoms with E-state index in [0.717, 1.165) is 12.8 Å². The maximum absolute atomic E-state index is 12.9. The number of ether oxygens (including phenoxy) is 1. The topological polar surface area (TPSA) is 63.7 Å². The smallest absolute Gasteiger partial charge is 0.410 e. The van der Waals surface area contributed by atoms with E-state index in [1.807, 2.05) is 0 Å². The maximum Gasteiger partial charge on any atom is 0.410 e. The molecule has 0 spiro atoms. The van der Waals surface area contributed by atoms with E-state index in [0.29, 0.717) is 13.0 Å². The van der Waals surface area contributed by atoms with Crippen molar-refractivity contribution in [3.8, 4) is 0 Å². The second kappa shape index (κ2) is 5.16. The fourth-order valence-corrected chi connectivity index (χ4v) is 4.17. The van der Waals surface area contributed by atoms with Crippen LogP contribution in [-0.2, 0) is 15.0 Å². The highest BCUT2D eigenvalue weighted by Crippen LogP contribution is 2.40. The van der Waals surface area contributed by atoms with Crippen molar-refractivity contribution in [2.75, 3.05) is 12.3 Å². The Morgan fingerprint density at radius 1 is 1.35 bits per heavy atom. The van der Waals surface area contributed by atoms with Gasteiger partial charge in [-0.3, -0.25) is 0 Å². The number of halogens is 1. The standard InChI is InChI=1S/C13H22FNO4S/c1-13(2,3)19-12(16)15-7-9-4-5-11(15)10(6-9)8-20(14,17)18/h9-11H,4-8H2,1-3H3. The van der Waals surface area contributed by atoms with Gasteiger partial charge in [-0.1, -0.05) is 0 Å². The second-order valence-electron chi connectivity index (χ2n) is 6.84. The van der Waals surface area contributed by atoms with Crippen LogP contribution < -0.4 is 0 Å². The van der Waals surface area contributed by atoms with Crippen molar-refractivity contribution in [3.05, 3.63) is 0 Å². The number of fused-ring (bicyclic) bond motifs is 3. The summed E-state index contributed by atoms with van der Waals surface area (Å²) in [6.07, 6.45) is 1.94. The van der Waals surface area contributed by atoms with Crippen LogP contribution in [0.3, 0.4) is 0 Å². The fraction of sp³-hybridized carbons (Fsp3) is 0.923. The fourth-order valence-electron chi connectivity index (χ4n) is 3.30. The molecule has 1 saturated carbocycles. The molecule has 0 aromatic rings. The van der Waals surface area contributed by atoms with Crippen molar-refractivity contribution in [2.24, 2.45) is 11.8 Å². The highest BCUT2D eigenvalue weighted by molar-refractivity contribution is 7.86. The van der Waals surface area contributed by atoms with E-state index in [-0.39, 0.29) is 17.9 Å². The molecule has 0 N–H and O–H groups in total. The number of carbonyl (C=O) groups excluding carboxylic acids is 1. The van der Waals surface area contributed by atoms with Crippen molar-refractivity contribution >= 4 is 16.3 Å². The lowest BCUT2D eigenvalue weighted by Crippen LogP contribution is -2.57. The van der Waals surface area contributed by atoms with Gasteiger partial charge in [-0.2, -0.15) is 8.42 Å². The van der Waals surface area contributed by atoms with E-state index in [1.54, 1.807) is 25.7 Å². The molecule has 2 saturated heterocycles. The van der Waals surface area contributed by atoms with Crippen molar-refractivity contribution in [1.29, 1.82) is 0 Å². The van der Waals surface area contributed by atoms with Gasteiger partial charge in [0.1, 0.15) is 5.60 Å². The Hall–Kier alpha value is -0.850. The molecule has 3 atom stereocenters. The molecule has 0 aromatic carbocycles. The van der Waals surface area contributed by atoms with E-state index in [1.165, 1.54) is 0 Å². The first-order chi connectivity index (χ1) is 9.05. The van der Waals surface area contributed by atoms with Gasteiger partial charge < -0.3 is 9.64 Å². The molecular weight excluding hydrogens is 285 g/mol. The van der Waals surface area contributed by atoms with E-state index in [9.17, 15) is 17.1 Å². The molecule has 2 aliphatic heterocycles. The predicted molar refractivity (Wildman–Crippen MR) is 72.5 cm³/mol. The molecule has 0 radical (unpaired) electrons. The minimum Gasteiger partial charge on any atom is -0.444 e. The number of rotatable bonds is 2. The van der Waals surface area contributed by atoms with E-state index < -0.39 is 27.7 Å². The zero-order chi connectivity index (χ0) is 15.1. The molecule has 20 heavy (non-hydrogen) atoms. The number of piperidine rings is 2. The van der Waals surface area contributed by atoms with Crippen LogP contribution >= 0.6 is 0 Å². The Morgan fingerprint density at radius 2 is 2.00 bits per heavy atom. The van der Waals surface area contributed by atoms with Crippen LogP contribution in [0.1, 0.15) is 40.0 Å². The molecule has 116 valence electrons. The monoisotopic (exact) mass is 307 g/mol. The van der Waals surface area contributed by atoms with Crippen LogP contribution in [0, 0.1) is 11.8 Å². The summed E-state index contributed by atoms with van der Waals surface area (Å²) in [6.45, 7) is 5.95. The summed E-state index contributed by atoms with van der Waals surface area (Å²) in [5, 5.41) is 0. The molecule has 5 nitrogen and oxygen atoms in total. The van der Waals surface area contributed by atoms with Gasteiger partial charge in [-0.05, 0) is 51.9 Å². The summed E-state index contributed by atoms with van der Waals surface area (Å²) in [5.74, 6) is -0.558. The lowest BCUT2D eigenvalue weighted by Gasteiger charge is -2.49. The molecule has 2 bridgehead atoms. The number of hydrogen-bond donors (Lipinski definition) is 0. The number of nitrogens with zero attached hydrogens (tertiary/aromatic N) is 1. The SMILES string of the molecule is CC(C)(C)OC(=O)N1CC2CCC1C(CS(=O)(=O)F)C2. The summed E-state index contributed by atoms with van der Waals surface area (Å²) in [6, 6.07) is -0.222. The van der Waals surface area contributed by atoms with Gasteiger partial charge >= 0.3 is 16.3 Å². The van der Waals surface area contributed by atoms with Gasteiger partial charge in [-0.15, -0.1) is 3.89 Å². The highest BCUT2D eigenvalue weighted by atomic mass is 32.3. The van der Waals surface area contributed by atoms with Gasteiger partial charge in [0.15, 0.2) is 0 Å². The first-order valence-corrected chi connectivity index (χ1v) is 8.52. The van der Waals surface area contributed by atoms with Crippen molar-refractivity contribution in [1.82, 2.24) is 4.90 Å². The minimum absolute atomic E-state index is 0.222. The number of amides is 1. The van der Waals surface area contributed by atoms with Crippen LogP contribution in [0.25, 0.3) is 0 Å². The quantitative estimate of drug-likeness (QED) is 0.734. The number of hydrogen-bond acceptors (Lipinski definition) is 4. The van der Waals surface area contributed by atoms with Crippen molar-refractivity contribution < 1.29 is 21.8 Å². The van der Waals surface area contributed by atoms with Crippen LogP contribution in [0.5, 0.6) is 0 Å². The van der Waals surface area contributed by atoms with E-state index >= 15 is 0 Å². The Balaban J connectivity index is 2.10. The highest BCUT2D eigenvalue weighted by Gasteiger charge is 2.45. The van der Waals surface area contributed by atoms with Crippen LogP contribution in [0.15, 0.2) is 0 Å². The molecule has 3 aliphatic rings. The Kier molecular flexibility index (Phi) is 4.01. The normalized spacial score (nSPS) is 30.4. The predicted octanol–water partition coefficient (Wildman–Crippen LogP) is 2.32. The minimum atomic E-state index is -4.51. The second-order valence-corrected chi connectivity index (χ2v) is 8.26. The van der Waals surface area contributed by atoms with Gasteiger partial charge in [0, 0.05) is 12.6 Å². The first kappa shape index (κ1) is 15.5. The third-order valence-corrected chi connectivity index (χ3v) is 4.77. The van der Waals surface area contributed by atoms with Crippen molar-refractivity contribution in [3.63, 3.8) is 0 Å². The van der Waals surface area contributed by atoms with Crippen molar-refractivity contribution in [2.45, 2.75) is 51.7 Å². The maximum atomic E-state index is 12.9. The molecule has 3 rings (SSSR count). The van der Waals surface area contributed by atoms with Crippen LogP contribution in [0.4, 0.5) is 8.68 Å². The third kappa shape index (κ3) is 3.84. The third-order valence-electron chi connectivity index (χ3n) is 3.95. The average molecular weight is 307 g/mol. The molecule has 1 aliphatic carbocycles. The summed E-state index contributed by atoms with van der Waals surface area (Å²) >= 11 is 0. The Bertz CT molecular complexity index is 485. The van der Waals surface area contributed by atoms with Gasteiger partial charge in [-0.25, -0.2) is 4.79 Å². The summed E-state index contributed by atoms with van der Waals surface area (Å²) in [4.78, 5) is 13.8. The Morgan fingerprint density at radius 3 is 2.50 bits per heavy atom. The zero-order valence-electron chi connectivity index (χ0n) is 12.1. The van der Waals surface area contributed by atoms with E-state index in [4.69, 9.17) is 4.74 Å². The summed E-state index contributed by atoms with van der Waals surface area (Å²) in [5.41, 5.74) is -0.588. The van der Waals surface area contributed by atoms with E-state index in [2.05, 4.69) is 0 Å². The molecule has 2 heterocycles. The molecular formula is C13H22FNO4S. The van der Waals surface area contributed by atoms with Gasteiger partial charge in [0.05, 0.1) is 5.75 Å². The largest absolute Gasteiger partial charge is 0.444 e. The zero-order valence-corrected chi connectivity index (χ0v) is 13.0. The summed E-state index contributed by atoms with van der Waals surface area (Å²) in [7, 11) is -4.51. The average Bonchev–Trinajstić information content (AvgIpc) is 2.24. The van der Waals surface area contributed by atoms with Gasteiger partial charge in [0.2, 0.25) is 0 Å². The molecule has 7 heteroatoms. The molecule has 0 aromatic heterocycles. The lowest BCUT2D eigenvalue weighted by molar-refractivity contribution is -0.0280. The molecule has 3 fully saturated rings. The molecule has 3 unspecified atom stereocenters. The molecule has 1 amide bonds. The van der Waals surface area contributed by atoms with Gasteiger partial charge in [0.25, 0.3) is 0 Å². The van der Waals surface area contributed by atoms with Crippen LogP contribution in [0.2, 0.25) is 0 Å². The summed E-state index contributed by atoms with van der Waals surface area (Å²) < 4.78 is 40.0. The lowest BCUT2D eigenvalue weighted by atomic mass is 9.73. The Labute approximate surface area is 119 Å². The van der Waals surface area contributed by atoms with Crippen LogP contribution in [-0.4, -0.2) is 43.4 Å². The first-order valence-electron chi connectivity index (χ1n) is 6.97. The number of carbonyl (C=O) groups is 1.